The molecule has 1 aromatic carbocycles. The van der Waals surface area contributed by atoms with Crippen molar-refractivity contribution < 1.29 is 9.53 Å². The standard InChI is InChI=1S/C16H16N2O2/c1-10-5-7-11(8-6-10)16(2)13(14(17)19)12-4-3-9-18-15(12)20-16/h3-9,13H,1-2H3,(H2,17,19). The third-order valence-corrected chi connectivity index (χ3v) is 3.88. The van der Waals surface area contributed by atoms with E-state index in [2.05, 4.69) is 4.98 Å². The SMILES string of the molecule is Cc1ccc(C2(C)Oc3ncccc3C2C(N)=O)cc1. The van der Waals surface area contributed by atoms with Gasteiger partial charge in [-0.2, -0.15) is 0 Å². The second-order valence-corrected chi connectivity index (χ2v) is 5.31. The number of amides is 1. The van der Waals surface area contributed by atoms with Crippen LogP contribution in [0.5, 0.6) is 5.88 Å². The Hall–Kier alpha value is -2.36. The van der Waals surface area contributed by atoms with Crippen molar-refractivity contribution in [1.82, 2.24) is 4.98 Å². The minimum Gasteiger partial charge on any atom is -0.465 e. The lowest BCUT2D eigenvalue weighted by atomic mass is 9.80. The van der Waals surface area contributed by atoms with E-state index >= 15 is 0 Å². The van der Waals surface area contributed by atoms with Crippen molar-refractivity contribution in [2.75, 3.05) is 0 Å². The molecular weight excluding hydrogens is 252 g/mol. The average Bonchev–Trinajstić information content (AvgIpc) is 2.72. The molecule has 0 aliphatic carbocycles. The Bertz CT molecular complexity index is 666. The van der Waals surface area contributed by atoms with Crippen LogP contribution in [0.4, 0.5) is 0 Å². The van der Waals surface area contributed by atoms with Crippen LogP contribution in [0.15, 0.2) is 42.6 Å². The molecule has 1 aliphatic heterocycles. The summed E-state index contributed by atoms with van der Waals surface area (Å²) in [7, 11) is 0. The van der Waals surface area contributed by atoms with Gasteiger partial charge >= 0.3 is 0 Å². The summed E-state index contributed by atoms with van der Waals surface area (Å²) in [5, 5.41) is 0. The van der Waals surface area contributed by atoms with Crippen LogP contribution >= 0.6 is 0 Å². The predicted molar refractivity (Wildman–Crippen MR) is 75.3 cm³/mol. The lowest BCUT2D eigenvalue weighted by molar-refractivity contribution is -0.123. The van der Waals surface area contributed by atoms with E-state index in [4.69, 9.17) is 10.5 Å². The molecule has 4 nitrogen and oxygen atoms in total. The molecule has 1 aromatic heterocycles. The predicted octanol–water partition coefficient (Wildman–Crippen LogP) is 2.27. The second-order valence-electron chi connectivity index (χ2n) is 5.31. The number of nitrogens with zero attached hydrogens (tertiary/aromatic N) is 1. The summed E-state index contributed by atoms with van der Waals surface area (Å²) in [4.78, 5) is 16.1. The monoisotopic (exact) mass is 268 g/mol. The van der Waals surface area contributed by atoms with Gasteiger partial charge in [-0.3, -0.25) is 4.79 Å². The number of rotatable bonds is 2. The number of hydrogen-bond donors (Lipinski definition) is 1. The van der Waals surface area contributed by atoms with Gasteiger partial charge in [-0.25, -0.2) is 4.98 Å². The lowest BCUT2D eigenvalue weighted by Crippen LogP contribution is -2.39. The number of pyridine rings is 1. The number of carbonyl (C=O) groups is 1. The molecule has 4 heteroatoms. The van der Waals surface area contributed by atoms with Gasteiger partial charge in [-0.1, -0.05) is 35.9 Å². The van der Waals surface area contributed by atoms with Crippen LogP contribution < -0.4 is 10.5 Å². The fraction of sp³-hybridized carbons (Fsp3) is 0.250. The van der Waals surface area contributed by atoms with E-state index in [9.17, 15) is 4.79 Å². The van der Waals surface area contributed by atoms with Crippen molar-refractivity contribution in [1.29, 1.82) is 0 Å². The molecule has 0 bridgehead atoms. The van der Waals surface area contributed by atoms with E-state index in [-0.39, 0.29) is 0 Å². The van der Waals surface area contributed by atoms with Gasteiger partial charge < -0.3 is 10.5 Å². The molecule has 1 aliphatic rings. The number of aromatic nitrogens is 1. The molecule has 0 saturated carbocycles. The molecule has 0 fully saturated rings. The molecule has 2 atom stereocenters. The maximum absolute atomic E-state index is 11.9. The van der Waals surface area contributed by atoms with Gasteiger partial charge in [-0.15, -0.1) is 0 Å². The molecule has 1 amide bonds. The van der Waals surface area contributed by atoms with Crippen molar-refractivity contribution in [2.45, 2.75) is 25.4 Å². The molecule has 0 saturated heterocycles. The first kappa shape index (κ1) is 12.7. The number of aryl methyl sites for hydroxylation is 1. The molecular formula is C16H16N2O2. The van der Waals surface area contributed by atoms with Crippen molar-refractivity contribution in [2.24, 2.45) is 5.73 Å². The molecule has 102 valence electrons. The Morgan fingerprint density at radius 1 is 1.30 bits per heavy atom. The fourth-order valence-corrected chi connectivity index (χ4v) is 2.80. The Morgan fingerprint density at radius 3 is 2.65 bits per heavy atom. The van der Waals surface area contributed by atoms with Crippen LogP contribution in [0.1, 0.15) is 29.5 Å². The fourth-order valence-electron chi connectivity index (χ4n) is 2.80. The maximum Gasteiger partial charge on any atom is 0.229 e. The van der Waals surface area contributed by atoms with Gasteiger partial charge in [0.05, 0.1) is 0 Å². The van der Waals surface area contributed by atoms with E-state index < -0.39 is 17.4 Å². The number of ether oxygens (including phenoxy) is 1. The van der Waals surface area contributed by atoms with Crippen molar-refractivity contribution >= 4 is 5.91 Å². The van der Waals surface area contributed by atoms with Gasteiger partial charge in [0, 0.05) is 11.8 Å². The number of benzene rings is 1. The highest BCUT2D eigenvalue weighted by Gasteiger charge is 2.50. The van der Waals surface area contributed by atoms with E-state index in [0.29, 0.717) is 5.88 Å². The van der Waals surface area contributed by atoms with E-state index in [1.165, 1.54) is 0 Å². The molecule has 2 N–H and O–H groups in total. The van der Waals surface area contributed by atoms with E-state index in [0.717, 1.165) is 16.7 Å². The maximum atomic E-state index is 11.9. The van der Waals surface area contributed by atoms with Gasteiger partial charge in [-0.05, 0) is 25.5 Å². The van der Waals surface area contributed by atoms with Crippen molar-refractivity contribution in [3.05, 3.63) is 59.3 Å². The lowest BCUT2D eigenvalue weighted by Gasteiger charge is -2.29. The van der Waals surface area contributed by atoms with E-state index in [1.807, 2.05) is 44.2 Å². The number of nitrogens with two attached hydrogens (primary N) is 1. The minimum atomic E-state index is -0.809. The summed E-state index contributed by atoms with van der Waals surface area (Å²) >= 11 is 0. The summed E-state index contributed by atoms with van der Waals surface area (Å²) in [6.07, 6.45) is 1.65. The highest BCUT2D eigenvalue weighted by atomic mass is 16.5. The van der Waals surface area contributed by atoms with Crippen molar-refractivity contribution in [3.8, 4) is 5.88 Å². The normalized spacial score (nSPS) is 24.0. The third-order valence-electron chi connectivity index (χ3n) is 3.88. The molecule has 2 unspecified atom stereocenters. The van der Waals surface area contributed by atoms with Crippen LogP contribution in [0.2, 0.25) is 0 Å². The quantitative estimate of drug-likeness (QED) is 0.908. The summed E-state index contributed by atoms with van der Waals surface area (Å²) in [5.41, 5.74) is 7.63. The summed E-state index contributed by atoms with van der Waals surface area (Å²) in [6, 6.07) is 11.6. The minimum absolute atomic E-state index is 0.403. The zero-order valence-corrected chi connectivity index (χ0v) is 11.5. The largest absolute Gasteiger partial charge is 0.465 e. The summed E-state index contributed by atoms with van der Waals surface area (Å²) in [5.74, 6) is -0.451. The molecule has 2 heterocycles. The molecule has 20 heavy (non-hydrogen) atoms. The third kappa shape index (κ3) is 1.76. The number of primary amides is 1. The van der Waals surface area contributed by atoms with Crippen LogP contribution in [0.25, 0.3) is 0 Å². The molecule has 2 aromatic rings. The highest BCUT2D eigenvalue weighted by Crippen LogP contribution is 2.48. The molecule has 3 rings (SSSR count). The van der Waals surface area contributed by atoms with Gasteiger partial charge in [0.25, 0.3) is 0 Å². The summed E-state index contributed by atoms with van der Waals surface area (Å²) in [6.45, 7) is 3.90. The van der Waals surface area contributed by atoms with Gasteiger partial charge in [0.15, 0.2) is 0 Å². The molecule has 0 spiro atoms. The first-order valence-corrected chi connectivity index (χ1v) is 6.53. The van der Waals surface area contributed by atoms with E-state index in [1.54, 1.807) is 12.3 Å². The van der Waals surface area contributed by atoms with Gasteiger partial charge in [0.2, 0.25) is 11.8 Å². The van der Waals surface area contributed by atoms with Gasteiger partial charge in [0.1, 0.15) is 11.5 Å². The average molecular weight is 268 g/mol. The van der Waals surface area contributed by atoms with Crippen LogP contribution in [-0.2, 0) is 10.4 Å². The second kappa shape index (κ2) is 4.34. The molecule has 0 radical (unpaired) electrons. The Kier molecular flexibility index (Phi) is 2.74. The Balaban J connectivity index is 2.14. The zero-order chi connectivity index (χ0) is 14.3. The smallest absolute Gasteiger partial charge is 0.229 e. The summed E-state index contributed by atoms with van der Waals surface area (Å²) < 4.78 is 5.98. The van der Waals surface area contributed by atoms with Crippen LogP contribution in [0, 0.1) is 6.92 Å². The first-order valence-electron chi connectivity index (χ1n) is 6.53. The van der Waals surface area contributed by atoms with Crippen LogP contribution in [0.3, 0.4) is 0 Å². The highest BCUT2D eigenvalue weighted by molar-refractivity contribution is 5.85. The van der Waals surface area contributed by atoms with Crippen LogP contribution in [-0.4, -0.2) is 10.9 Å². The number of hydrogen-bond acceptors (Lipinski definition) is 3. The number of carbonyl (C=O) groups excluding carboxylic acids is 1. The Labute approximate surface area is 117 Å². The topological polar surface area (TPSA) is 65.2 Å². The Morgan fingerprint density at radius 2 is 2.00 bits per heavy atom. The zero-order valence-electron chi connectivity index (χ0n) is 11.5. The number of fused-ring (bicyclic) bond motifs is 1. The first-order chi connectivity index (χ1) is 9.52. The van der Waals surface area contributed by atoms with Crippen molar-refractivity contribution in [3.63, 3.8) is 0 Å².